The molecule has 0 radical (unpaired) electrons. The Morgan fingerprint density at radius 3 is 1.57 bits per heavy atom. The SMILES string of the molecule is C[NH+](C)S(=O)(=O)O. The molecule has 7 heavy (non-hydrogen) atoms. The summed E-state index contributed by atoms with van der Waals surface area (Å²) >= 11 is 0. The van der Waals surface area contributed by atoms with Gasteiger partial charge in [-0.3, -0.25) is 0 Å². The van der Waals surface area contributed by atoms with Gasteiger partial charge in [-0.1, -0.05) is 0 Å². The van der Waals surface area contributed by atoms with Gasteiger partial charge in [0.2, 0.25) is 0 Å². The van der Waals surface area contributed by atoms with Crippen molar-refractivity contribution in [2.45, 2.75) is 0 Å². The highest BCUT2D eigenvalue weighted by atomic mass is 32.2. The standard InChI is InChI=1S/C2H7NO3S/c1-3(2)7(4,5)6/h1-2H3,(H,4,5,6)/p+1. The van der Waals surface area contributed by atoms with Gasteiger partial charge in [-0.15, -0.1) is 8.42 Å². The van der Waals surface area contributed by atoms with Gasteiger partial charge in [0.25, 0.3) is 0 Å². The van der Waals surface area contributed by atoms with E-state index in [4.69, 9.17) is 4.55 Å². The van der Waals surface area contributed by atoms with E-state index in [1.807, 2.05) is 0 Å². The van der Waals surface area contributed by atoms with Gasteiger partial charge in [0, 0.05) is 0 Å². The highest BCUT2D eigenvalue weighted by Crippen LogP contribution is 1.52. The monoisotopic (exact) mass is 126 g/mol. The summed E-state index contributed by atoms with van der Waals surface area (Å²) in [5, 5.41) is 0. The van der Waals surface area contributed by atoms with Gasteiger partial charge in [-0.2, -0.15) is 0 Å². The van der Waals surface area contributed by atoms with Crippen LogP contribution in [-0.2, 0) is 10.3 Å². The number of hydrogen-bond donors (Lipinski definition) is 2. The molecule has 0 spiro atoms. The summed E-state index contributed by atoms with van der Waals surface area (Å²) in [7, 11) is -1.17. The molecule has 0 saturated carbocycles. The lowest BCUT2D eigenvalue weighted by Gasteiger charge is -1.97. The van der Waals surface area contributed by atoms with Crippen molar-refractivity contribution >= 4 is 10.3 Å². The normalized spacial score (nSPS) is 12.6. The van der Waals surface area contributed by atoms with Crippen LogP contribution in [0.4, 0.5) is 0 Å². The van der Waals surface area contributed by atoms with Crippen molar-refractivity contribution in [1.29, 1.82) is 0 Å². The van der Waals surface area contributed by atoms with Crippen LogP contribution in [0, 0.1) is 0 Å². The molecule has 0 aliphatic carbocycles. The molecule has 0 aliphatic rings. The molecule has 0 bridgehead atoms. The highest BCUT2D eigenvalue weighted by molar-refractivity contribution is 7.79. The summed E-state index contributed by atoms with van der Waals surface area (Å²) < 4.78 is 27.7. The maximum absolute atomic E-state index is 9.85. The van der Waals surface area contributed by atoms with Crippen LogP contribution in [0.2, 0.25) is 0 Å². The molecule has 0 aliphatic heterocycles. The molecule has 0 aromatic carbocycles. The third-order valence-electron chi connectivity index (χ3n) is 0.516. The molecule has 0 saturated heterocycles. The molecule has 2 N–H and O–H groups in total. The maximum atomic E-state index is 9.85. The number of quaternary nitrogens is 1. The van der Waals surface area contributed by atoms with Crippen LogP contribution in [0.15, 0.2) is 0 Å². The minimum absolute atomic E-state index is 0.0208. The molecular formula is C2H8NO3S+. The van der Waals surface area contributed by atoms with Crippen LogP contribution in [0.5, 0.6) is 0 Å². The van der Waals surface area contributed by atoms with Crippen LogP contribution in [0.1, 0.15) is 0 Å². The van der Waals surface area contributed by atoms with E-state index in [1.54, 1.807) is 0 Å². The fraction of sp³-hybridized carbons (Fsp3) is 1.00. The lowest BCUT2D eigenvalue weighted by molar-refractivity contribution is -0.723. The van der Waals surface area contributed by atoms with Gasteiger partial charge < -0.3 is 0 Å². The van der Waals surface area contributed by atoms with Gasteiger partial charge in [0.1, 0.15) is 0 Å². The fourth-order valence-corrected chi connectivity index (χ4v) is 0. The van der Waals surface area contributed by atoms with Crippen molar-refractivity contribution in [1.82, 2.24) is 0 Å². The lowest BCUT2D eigenvalue weighted by Crippen LogP contribution is -3.07. The Morgan fingerprint density at radius 2 is 1.57 bits per heavy atom. The van der Waals surface area contributed by atoms with E-state index in [9.17, 15) is 8.42 Å². The van der Waals surface area contributed by atoms with Gasteiger partial charge in [-0.05, 0) is 0 Å². The minimum atomic E-state index is -3.82. The zero-order chi connectivity index (χ0) is 6.08. The maximum Gasteiger partial charge on any atom is 0.430 e. The third-order valence-corrected chi connectivity index (χ3v) is 1.55. The minimum Gasteiger partial charge on any atom is -0.241 e. The number of nitrogens with one attached hydrogen (secondary N) is 1. The Labute approximate surface area is 42.6 Å². The second-order valence-corrected chi connectivity index (χ2v) is 3.15. The van der Waals surface area contributed by atoms with E-state index in [-0.39, 0.29) is 4.31 Å². The first kappa shape index (κ1) is 6.87. The smallest absolute Gasteiger partial charge is 0.241 e. The molecule has 0 aromatic rings. The third kappa shape index (κ3) is 2.55. The average molecular weight is 126 g/mol. The average Bonchev–Trinajstić information content (AvgIpc) is 1.31. The van der Waals surface area contributed by atoms with E-state index in [2.05, 4.69) is 0 Å². The first-order valence-corrected chi connectivity index (χ1v) is 3.16. The quantitative estimate of drug-likeness (QED) is 0.397. The molecule has 0 rings (SSSR count). The molecular weight excluding hydrogens is 118 g/mol. The Kier molecular flexibility index (Phi) is 1.74. The molecule has 44 valence electrons. The van der Waals surface area contributed by atoms with Crippen LogP contribution >= 0.6 is 0 Å². The van der Waals surface area contributed by atoms with E-state index in [1.165, 1.54) is 14.1 Å². The zero-order valence-electron chi connectivity index (χ0n) is 4.17. The highest BCUT2D eigenvalue weighted by Gasteiger charge is 2.09. The largest absolute Gasteiger partial charge is 0.430 e. The summed E-state index contributed by atoms with van der Waals surface area (Å²) in [5.41, 5.74) is 0. The Bertz CT molecular complexity index is 135. The van der Waals surface area contributed by atoms with Crippen molar-refractivity contribution in [2.24, 2.45) is 0 Å². The molecule has 0 amide bonds. The number of hydrogen-bond acceptors (Lipinski definition) is 2. The van der Waals surface area contributed by atoms with E-state index < -0.39 is 10.3 Å². The predicted octanol–water partition coefficient (Wildman–Crippen LogP) is -2.07. The topological polar surface area (TPSA) is 58.8 Å². The van der Waals surface area contributed by atoms with Crippen molar-refractivity contribution in [3.05, 3.63) is 0 Å². The van der Waals surface area contributed by atoms with Crippen molar-refractivity contribution < 1.29 is 17.3 Å². The summed E-state index contributed by atoms with van der Waals surface area (Å²) in [5.74, 6) is 0. The predicted molar refractivity (Wildman–Crippen MR) is 24.4 cm³/mol. The molecule has 0 aromatic heterocycles. The van der Waals surface area contributed by atoms with Gasteiger partial charge in [0.15, 0.2) is 0 Å². The molecule has 0 atom stereocenters. The van der Waals surface area contributed by atoms with Crippen LogP contribution in [0.3, 0.4) is 0 Å². The molecule has 4 nitrogen and oxygen atoms in total. The van der Waals surface area contributed by atoms with Gasteiger partial charge >= 0.3 is 10.3 Å². The second-order valence-electron chi connectivity index (χ2n) is 1.38. The van der Waals surface area contributed by atoms with Crippen LogP contribution < -0.4 is 4.31 Å². The fourth-order valence-electron chi connectivity index (χ4n) is 0. The Hall–Kier alpha value is -0.130. The molecule has 0 heterocycles. The lowest BCUT2D eigenvalue weighted by atomic mass is 11.3. The zero-order valence-corrected chi connectivity index (χ0v) is 4.99. The second kappa shape index (κ2) is 1.77. The van der Waals surface area contributed by atoms with Crippen molar-refractivity contribution in [3.63, 3.8) is 0 Å². The Balaban J connectivity index is 4.10. The van der Waals surface area contributed by atoms with Crippen LogP contribution in [0.25, 0.3) is 0 Å². The summed E-state index contributed by atoms with van der Waals surface area (Å²) in [6.07, 6.45) is 0. The number of rotatable bonds is 1. The molecule has 0 fully saturated rings. The summed E-state index contributed by atoms with van der Waals surface area (Å²) in [6.45, 7) is 0. The molecule has 0 unspecified atom stereocenters. The summed E-state index contributed by atoms with van der Waals surface area (Å²) in [4.78, 5) is 0. The first-order chi connectivity index (χ1) is 2.94. The van der Waals surface area contributed by atoms with E-state index in [0.717, 1.165) is 0 Å². The van der Waals surface area contributed by atoms with Gasteiger partial charge in [0.05, 0.1) is 14.1 Å². The first-order valence-electron chi connectivity index (χ1n) is 1.72. The van der Waals surface area contributed by atoms with Crippen molar-refractivity contribution in [2.75, 3.05) is 14.1 Å². The van der Waals surface area contributed by atoms with E-state index >= 15 is 0 Å². The van der Waals surface area contributed by atoms with Gasteiger partial charge in [-0.25, -0.2) is 8.86 Å². The Morgan fingerprint density at radius 1 is 1.43 bits per heavy atom. The van der Waals surface area contributed by atoms with E-state index in [0.29, 0.717) is 0 Å². The van der Waals surface area contributed by atoms with Crippen molar-refractivity contribution in [3.8, 4) is 0 Å². The molecule has 5 heteroatoms. The van der Waals surface area contributed by atoms with Crippen LogP contribution in [-0.4, -0.2) is 27.1 Å². The summed E-state index contributed by atoms with van der Waals surface area (Å²) in [6, 6.07) is 0.